The van der Waals surface area contributed by atoms with Crippen molar-refractivity contribution >= 4 is 16.8 Å². The maximum Gasteiger partial charge on any atom is 0.252 e. The molecule has 0 aliphatic carbocycles. The quantitative estimate of drug-likeness (QED) is 0.819. The van der Waals surface area contributed by atoms with Crippen LogP contribution in [0.5, 0.6) is 5.75 Å². The number of nitrogens with zero attached hydrogens (tertiary/aromatic N) is 1. The lowest BCUT2D eigenvalue weighted by Crippen LogP contribution is -2.49. The van der Waals surface area contributed by atoms with Gasteiger partial charge in [-0.15, -0.1) is 0 Å². The van der Waals surface area contributed by atoms with Crippen LogP contribution in [0.3, 0.4) is 0 Å². The third kappa shape index (κ3) is 4.69. The molecule has 2 aromatic rings. The Kier molecular flexibility index (Phi) is 6.16. The number of hydrogen-bond donors (Lipinski definition) is 2. The standard InChI is InChI=1S/C21H29N3O3/c1-4-27-18-7-8-19-15(11-18)10-16(20(25)23-19)12-22-17-6-5-9-24(13-17)21(26)14(2)3/h7-8,10-11,14,17,22H,4-6,9,12-13H2,1-3H3,(H,23,25). The van der Waals surface area contributed by atoms with Crippen LogP contribution in [0.25, 0.3) is 10.9 Å². The minimum atomic E-state index is -0.0786. The van der Waals surface area contributed by atoms with Gasteiger partial charge in [0.05, 0.1) is 6.61 Å². The van der Waals surface area contributed by atoms with Crippen LogP contribution >= 0.6 is 0 Å². The zero-order valence-electron chi connectivity index (χ0n) is 16.4. The molecule has 2 heterocycles. The van der Waals surface area contributed by atoms with Crippen LogP contribution in [0.1, 0.15) is 39.2 Å². The fourth-order valence-corrected chi connectivity index (χ4v) is 3.58. The molecule has 1 fully saturated rings. The van der Waals surface area contributed by atoms with E-state index in [0.717, 1.165) is 36.0 Å². The third-order valence-electron chi connectivity index (χ3n) is 5.01. The van der Waals surface area contributed by atoms with E-state index in [9.17, 15) is 9.59 Å². The van der Waals surface area contributed by atoms with Crippen molar-refractivity contribution in [3.63, 3.8) is 0 Å². The fourth-order valence-electron chi connectivity index (χ4n) is 3.58. The van der Waals surface area contributed by atoms with E-state index in [0.29, 0.717) is 25.3 Å². The van der Waals surface area contributed by atoms with E-state index in [4.69, 9.17) is 4.74 Å². The first-order valence-electron chi connectivity index (χ1n) is 9.79. The van der Waals surface area contributed by atoms with Gasteiger partial charge < -0.3 is 19.9 Å². The molecule has 0 saturated carbocycles. The number of H-pyrrole nitrogens is 1. The first-order valence-corrected chi connectivity index (χ1v) is 9.79. The highest BCUT2D eigenvalue weighted by Gasteiger charge is 2.24. The summed E-state index contributed by atoms with van der Waals surface area (Å²) < 4.78 is 5.55. The summed E-state index contributed by atoms with van der Waals surface area (Å²) in [5.74, 6) is 1.02. The maximum atomic E-state index is 12.4. The second kappa shape index (κ2) is 8.57. The van der Waals surface area contributed by atoms with Crippen molar-refractivity contribution in [3.8, 4) is 5.75 Å². The molecule has 6 nitrogen and oxygen atoms in total. The normalized spacial score (nSPS) is 17.5. The number of carbonyl (C=O) groups excluding carboxylic acids is 1. The Morgan fingerprint density at radius 3 is 2.93 bits per heavy atom. The van der Waals surface area contributed by atoms with Gasteiger partial charge in [0.1, 0.15) is 5.75 Å². The Labute approximate surface area is 159 Å². The second-order valence-corrected chi connectivity index (χ2v) is 7.46. The van der Waals surface area contributed by atoms with Gasteiger partial charge in [0.25, 0.3) is 5.56 Å². The van der Waals surface area contributed by atoms with Crippen molar-refractivity contribution in [1.82, 2.24) is 15.2 Å². The van der Waals surface area contributed by atoms with Crippen molar-refractivity contribution < 1.29 is 9.53 Å². The zero-order valence-corrected chi connectivity index (χ0v) is 16.4. The minimum absolute atomic E-state index is 0.0200. The summed E-state index contributed by atoms with van der Waals surface area (Å²) in [7, 11) is 0. The number of ether oxygens (including phenoxy) is 1. The topological polar surface area (TPSA) is 74.4 Å². The van der Waals surface area contributed by atoms with E-state index in [1.165, 1.54) is 0 Å². The van der Waals surface area contributed by atoms with Crippen LogP contribution < -0.4 is 15.6 Å². The van der Waals surface area contributed by atoms with E-state index in [1.54, 1.807) is 0 Å². The van der Waals surface area contributed by atoms with E-state index in [-0.39, 0.29) is 23.4 Å². The summed E-state index contributed by atoms with van der Waals surface area (Å²) in [6.07, 6.45) is 2.00. The molecular formula is C21H29N3O3. The molecule has 1 unspecified atom stereocenters. The van der Waals surface area contributed by atoms with Crippen molar-refractivity contribution in [3.05, 3.63) is 40.2 Å². The summed E-state index contributed by atoms with van der Waals surface area (Å²) in [4.78, 5) is 29.5. The van der Waals surface area contributed by atoms with Gasteiger partial charge in [-0.1, -0.05) is 13.8 Å². The molecule has 1 aromatic carbocycles. The number of hydrogen-bond acceptors (Lipinski definition) is 4. The lowest BCUT2D eigenvalue weighted by Gasteiger charge is -2.34. The van der Waals surface area contributed by atoms with E-state index >= 15 is 0 Å². The summed E-state index contributed by atoms with van der Waals surface area (Å²) in [5.41, 5.74) is 1.42. The average Bonchev–Trinajstić information content (AvgIpc) is 2.66. The zero-order chi connectivity index (χ0) is 19.4. The molecule has 0 radical (unpaired) electrons. The highest BCUT2D eigenvalue weighted by atomic mass is 16.5. The monoisotopic (exact) mass is 371 g/mol. The third-order valence-corrected chi connectivity index (χ3v) is 5.01. The van der Waals surface area contributed by atoms with E-state index < -0.39 is 0 Å². The molecule has 1 aliphatic heterocycles. The number of fused-ring (bicyclic) bond motifs is 1. The van der Waals surface area contributed by atoms with Gasteiger partial charge >= 0.3 is 0 Å². The summed E-state index contributed by atoms with van der Waals surface area (Å²) in [5, 5.41) is 4.42. The Balaban J connectivity index is 1.69. The fraction of sp³-hybridized carbons (Fsp3) is 0.524. The molecule has 1 saturated heterocycles. The lowest BCUT2D eigenvalue weighted by atomic mass is 10.0. The second-order valence-electron chi connectivity index (χ2n) is 7.46. The van der Waals surface area contributed by atoms with Gasteiger partial charge in [-0.2, -0.15) is 0 Å². The molecule has 1 atom stereocenters. The van der Waals surface area contributed by atoms with Crippen LogP contribution in [0.4, 0.5) is 0 Å². The molecule has 1 amide bonds. The molecular weight excluding hydrogens is 342 g/mol. The number of aromatic amines is 1. The number of nitrogens with one attached hydrogen (secondary N) is 2. The summed E-state index contributed by atoms with van der Waals surface area (Å²) in [6.45, 7) is 8.44. The highest BCUT2D eigenvalue weighted by molar-refractivity contribution is 5.80. The van der Waals surface area contributed by atoms with Gasteiger partial charge in [-0.05, 0) is 44.0 Å². The van der Waals surface area contributed by atoms with Crippen LogP contribution in [0.2, 0.25) is 0 Å². The Morgan fingerprint density at radius 2 is 2.19 bits per heavy atom. The number of carbonyl (C=O) groups is 1. The number of piperidine rings is 1. The largest absolute Gasteiger partial charge is 0.494 e. The van der Waals surface area contributed by atoms with Gasteiger partial charge in [0.2, 0.25) is 5.91 Å². The first-order chi connectivity index (χ1) is 13.0. The molecule has 6 heteroatoms. The number of amides is 1. The van der Waals surface area contributed by atoms with Gasteiger partial charge in [-0.25, -0.2) is 0 Å². The molecule has 0 bridgehead atoms. The number of benzene rings is 1. The van der Waals surface area contributed by atoms with Gasteiger partial charge in [0.15, 0.2) is 0 Å². The predicted octanol–water partition coefficient (Wildman–Crippen LogP) is 2.66. The Bertz CT molecular complexity index is 859. The van der Waals surface area contributed by atoms with Crippen molar-refractivity contribution in [2.45, 2.75) is 46.2 Å². The molecule has 0 spiro atoms. The van der Waals surface area contributed by atoms with Crippen LogP contribution in [0.15, 0.2) is 29.1 Å². The van der Waals surface area contributed by atoms with Crippen molar-refractivity contribution in [2.75, 3.05) is 19.7 Å². The number of rotatable bonds is 6. The van der Waals surface area contributed by atoms with Crippen LogP contribution in [0, 0.1) is 5.92 Å². The molecule has 1 aromatic heterocycles. The minimum Gasteiger partial charge on any atom is -0.494 e. The van der Waals surface area contributed by atoms with Crippen LogP contribution in [-0.2, 0) is 11.3 Å². The summed E-state index contributed by atoms with van der Waals surface area (Å²) >= 11 is 0. The number of aromatic nitrogens is 1. The Morgan fingerprint density at radius 1 is 1.37 bits per heavy atom. The lowest BCUT2D eigenvalue weighted by molar-refractivity contribution is -0.135. The van der Waals surface area contributed by atoms with Crippen molar-refractivity contribution in [2.24, 2.45) is 5.92 Å². The highest BCUT2D eigenvalue weighted by Crippen LogP contribution is 2.19. The SMILES string of the molecule is CCOc1ccc2[nH]c(=O)c(CNC3CCCN(C(=O)C(C)C)C3)cc2c1. The first kappa shape index (κ1) is 19.4. The average molecular weight is 371 g/mol. The number of likely N-dealkylation sites (tertiary alicyclic amines) is 1. The van der Waals surface area contributed by atoms with Crippen LogP contribution in [-0.4, -0.2) is 41.5 Å². The smallest absolute Gasteiger partial charge is 0.252 e. The van der Waals surface area contributed by atoms with Gasteiger partial charge in [0, 0.05) is 48.1 Å². The molecule has 3 rings (SSSR count). The van der Waals surface area contributed by atoms with E-state index in [1.807, 2.05) is 49.9 Å². The van der Waals surface area contributed by atoms with Crippen molar-refractivity contribution in [1.29, 1.82) is 0 Å². The summed E-state index contributed by atoms with van der Waals surface area (Å²) in [6, 6.07) is 7.81. The molecule has 146 valence electrons. The maximum absolute atomic E-state index is 12.4. The van der Waals surface area contributed by atoms with E-state index in [2.05, 4.69) is 10.3 Å². The van der Waals surface area contributed by atoms with Gasteiger partial charge in [-0.3, -0.25) is 9.59 Å². The molecule has 2 N–H and O–H groups in total. The molecule has 27 heavy (non-hydrogen) atoms. The Hall–Kier alpha value is -2.34. The number of pyridine rings is 1. The predicted molar refractivity (Wildman–Crippen MR) is 107 cm³/mol. The molecule has 1 aliphatic rings.